The average Bonchev–Trinajstić information content (AvgIpc) is 3.35. The summed E-state index contributed by atoms with van der Waals surface area (Å²) in [5.41, 5.74) is 2.24. The van der Waals surface area contributed by atoms with E-state index in [0.29, 0.717) is 13.0 Å². The van der Waals surface area contributed by atoms with Crippen molar-refractivity contribution in [3.63, 3.8) is 0 Å². The summed E-state index contributed by atoms with van der Waals surface area (Å²) in [4.78, 5) is 25.8. The Morgan fingerprint density at radius 2 is 2.04 bits per heavy atom. The van der Waals surface area contributed by atoms with E-state index in [1.807, 2.05) is 29.2 Å². The molecule has 0 bridgehead atoms. The van der Waals surface area contributed by atoms with E-state index in [9.17, 15) is 9.59 Å². The second-order valence-electron chi connectivity index (χ2n) is 6.19. The van der Waals surface area contributed by atoms with Crippen LogP contribution in [0.3, 0.4) is 0 Å². The molecule has 1 unspecified atom stereocenters. The first-order chi connectivity index (χ1) is 12.7. The summed E-state index contributed by atoms with van der Waals surface area (Å²) in [7, 11) is 0. The molecule has 3 aromatic rings. The van der Waals surface area contributed by atoms with Gasteiger partial charge in [0.1, 0.15) is 6.33 Å². The Morgan fingerprint density at radius 1 is 1.19 bits per heavy atom. The smallest absolute Gasteiger partial charge is 0.264 e. The quantitative estimate of drug-likeness (QED) is 0.739. The molecular weight excluding hydrogens is 334 g/mol. The first kappa shape index (κ1) is 16.1. The number of hydrogen-bond acceptors (Lipinski definition) is 6. The third-order valence-electron chi connectivity index (χ3n) is 4.52. The molecule has 9 nitrogen and oxygen atoms in total. The van der Waals surface area contributed by atoms with E-state index in [2.05, 4.69) is 25.7 Å². The SMILES string of the molecule is O=C(Cc1ccc(-n2cnnn2)cc1)N1CCCC1c1ccc(=O)[nH]n1. The van der Waals surface area contributed by atoms with Crippen molar-refractivity contribution >= 4 is 5.91 Å². The van der Waals surface area contributed by atoms with Crippen LogP contribution < -0.4 is 5.56 Å². The number of tetrazole rings is 1. The van der Waals surface area contributed by atoms with Gasteiger partial charge in [0.05, 0.1) is 23.8 Å². The van der Waals surface area contributed by atoms with Gasteiger partial charge in [0.25, 0.3) is 5.56 Å². The van der Waals surface area contributed by atoms with Gasteiger partial charge >= 0.3 is 0 Å². The zero-order valence-corrected chi connectivity index (χ0v) is 13.9. The van der Waals surface area contributed by atoms with Gasteiger partial charge in [-0.3, -0.25) is 9.59 Å². The molecule has 0 aliphatic carbocycles. The minimum absolute atomic E-state index is 0.0515. The van der Waals surface area contributed by atoms with Crippen LogP contribution in [0.15, 0.2) is 47.5 Å². The van der Waals surface area contributed by atoms with E-state index in [1.54, 1.807) is 10.7 Å². The number of likely N-dealkylation sites (tertiary alicyclic amines) is 1. The van der Waals surface area contributed by atoms with Crippen LogP contribution in [0.4, 0.5) is 0 Å². The number of benzene rings is 1. The fourth-order valence-electron chi connectivity index (χ4n) is 3.24. The molecule has 2 aromatic heterocycles. The first-order valence-corrected chi connectivity index (χ1v) is 8.38. The molecule has 1 N–H and O–H groups in total. The van der Waals surface area contributed by atoms with Crippen LogP contribution in [0.25, 0.3) is 5.69 Å². The maximum atomic E-state index is 12.8. The molecule has 0 saturated carbocycles. The van der Waals surface area contributed by atoms with Crippen molar-refractivity contribution < 1.29 is 4.79 Å². The van der Waals surface area contributed by atoms with Crippen LogP contribution in [0, 0.1) is 0 Å². The van der Waals surface area contributed by atoms with E-state index >= 15 is 0 Å². The summed E-state index contributed by atoms with van der Waals surface area (Å²) in [6, 6.07) is 10.6. The lowest BCUT2D eigenvalue weighted by atomic mass is 10.1. The Kier molecular flexibility index (Phi) is 4.26. The van der Waals surface area contributed by atoms with Crippen LogP contribution in [-0.4, -0.2) is 47.8 Å². The molecule has 1 amide bonds. The third-order valence-corrected chi connectivity index (χ3v) is 4.52. The van der Waals surface area contributed by atoms with Crippen LogP contribution in [0.2, 0.25) is 0 Å². The minimum Gasteiger partial charge on any atom is -0.334 e. The van der Waals surface area contributed by atoms with E-state index < -0.39 is 0 Å². The molecule has 4 rings (SSSR count). The molecule has 1 aliphatic rings. The topological polar surface area (TPSA) is 110 Å². The normalized spacial score (nSPS) is 16.8. The number of rotatable bonds is 4. The molecule has 1 aromatic carbocycles. The number of aromatic amines is 1. The van der Waals surface area contributed by atoms with Crippen molar-refractivity contribution in [1.82, 2.24) is 35.3 Å². The molecule has 9 heteroatoms. The lowest BCUT2D eigenvalue weighted by molar-refractivity contribution is -0.131. The molecule has 1 aliphatic heterocycles. The zero-order valence-electron chi connectivity index (χ0n) is 13.9. The Bertz CT molecular complexity index is 930. The van der Waals surface area contributed by atoms with Gasteiger partial charge in [-0.25, -0.2) is 9.78 Å². The fraction of sp³-hybridized carbons (Fsp3) is 0.294. The van der Waals surface area contributed by atoms with Crippen LogP contribution in [0.5, 0.6) is 0 Å². The zero-order chi connectivity index (χ0) is 17.9. The number of hydrogen-bond donors (Lipinski definition) is 1. The van der Waals surface area contributed by atoms with Gasteiger partial charge in [-0.2, -0.15) is 5.10 Å². The monoisotopic (exact) mass is 351 g/mol. The standard InChI is InChI=1S/C17H17N7O2/c25-16-8-7-14(19-20-16)15-2-1-9-23(15)17(26)10-12-3-5-13(6-4-12)24-11-18-21-22-24/h3-8,11,15H,1-2,9-10H2,(H,20,25). The molecule has 1 atom stereocenters. The third kappa shape index (κ3) is 3.23. The first-order valence-electron chi connectivity index (χ1n) is 8.38. The molecule has 1 fully saturated rings. The number of nitrogens with zero attached hydrogens (tertiary/aromatic N) is 6. The molecule has 26 heavy (non-hydrogen) atoms. The number of amides is 1. The highest BCUT2D eigenvalue weighted by Crippen LogP contribution is 2.30. The van der Waals surface area contributed by atoms with Crippen LogP contribution in [0.1, 0.15) is 30.1 Å². The van der Waals surface area contributed by atoms with Gasteiger partial charge in [-0.15, -0.1) is 5.10 Å². The highest BCUT2D eigenvalue weighted by molar-refractivity contribution is 5.79. The second kappa shape index (κ2) is 6.87. The molecule has 132 valence electrons. The summed E-state index contributed by atoms with van der Waals surface area (Å²) in [6.07, 6.45) is 3.61. The van der Waals surface area contributed by atoms with Gasteiger partial charge < -0.3 is 4.90 Å². The predicted octanol–water partition coefficient (Wildman–Crippen LogP) is 0.652. The molecular formula is C17H17N7O2. The summed E-state index contributed by atoms with van der Waals surface area (Å²) >= 11 is 0. The highest BCUT2D eigenvalue weighted by atomic mass is 16.2. The van der Waals surface area contributed by atoms with Crippen LogP contribution in [-0.2, 0) is 11.2 Å². The average molecular weight is 351 g/mol. The number of carbonyl (C=O) groups is 1. The second-order valence-corrected chi connectivity index (χ2v) is 6.19. The maximum absolute atomic E-state index is 12.8. The Morgan fingerprint density at radius 3 is 2.73 bits per heavy atom. The molecule has 1 saturated heterocycles. The van der Waals surface area contributed by atoms with Gasteiger partial charge in [0, 0.05) is 12.6 Å². The molecule has 0 spiro atoms. The summed E-state index contributed by atoms with van der Waals surface area (Å²) < 4.78 is 1.56. The predicted molar refractivity (Wildman–Crippen MR) is 91.4 cm³/mol. The Hall–Kier alpha value is -3.36. The van der Waals surface area contributed by atoms with E-state index in [1.165, 1.54) is 12.4 Å². The van der Waals surface area contributed by atoms with E-state index in [0.717, 1.165) is 29.8 Å². The number of H-pyrrole nitrogens is 1. The highest BCUT2D eigenvalue weighted by Gasteiger charge is 2.30. The molecule has 0 radical (unpaired) electrons. The van der Waals surface area contributed by atoms with Gasteiger partial charge in [-0.05, 0) is 47.0 Å². The van der Waals surface area contributed by atoms with Crippen molar-refractivity contribution in [3.8, 4) is 5.69 Å². The lowest BCUT2D eigenvalue weighted by Gasteiger charge is -2.24. The van der Waals surface area contributed by atoms with Crippen LogP contribution >= 0.6 is 0 Å². The van der Waals surface area contributed by atoms with Crippen molar-refractivity contribution in [3.05, 3.63) is 64.3 Å². The maximum Gasteiger partial charge on any atom is 0.264 e. The Labute approximate surface area is 148 Å². The van der Waals surface area contributed by atoms with Gasteiger partial charge in [0.15, 0.2) is 0 Å². The summed E-state index contributed by atoms with van der Waals surface area (Å²) in [5, 5.41) is 17.6. The van der Waals surface area contributed by atoms with Crippen molar-refractivity contribution in [2.45, 2.75) is 25.3 Å². The lowest BCUT2D eigenvalue weighted by Crippen LogP contribution is -2.32. The van der Waals surface area contributed by atoms with E-state index in [-0.39, 0.29) is 17.5 Å². The van der Waals surface area contributed by atoms with Crippen molar-refractivity contribution in [1.29, 1.82) is 0 Å². The number of carbonyl (C=O) groups excluding carboxylic acids is 1. The Balaban J connectivity index is 1.47. The van der Waals surface area contributed by atoms with Gasteiger partial charge in [0.2, 0.25) is 5.91 Å². The number of nitrogens with one attached hydrogen (secondary N) is 1. The largest absolute Gasteiger partial charge is 0.334 e. The summed E-state index contributed by atoms with van der Waals surface area (Å²) in [6.45, 7) is 0.701. The fourth-order valence-corrected chi connectivity index (χ4v) is 3.24. The van der Waals surface area contributed by atoms with Gasteiger partial charge in [-0.1, -0.05) is 12.1 Å². The molecule has 3 heterocycles. The minimum atomic E-state index is -0.243. The number of aromatic nitrogens is 6. The van der Waals surface area contributed by atoms with Crippen molar-refractivity contribution in [2.24, 2.45) is 0 Å². The summed E-state index contributed by atoms with van der Waals surface area (Å²) in [5.74, 6) is 0.0515. The van der Waals surface area contributed by atoms with E-state index in [4.69, 9.17) is 0 Å². The van der Waals surface area contributed by atoms with Crippen molar-refractivity contribution in [2.75, 3.05) is 6.54 Å².